The van der Waals surface area contributed by atoms with Crippen molar-refractivity contribution in [1.29, 1.82) is 0 Å². The molecule has 1 aliphatic rings. The molecule has 3 N–H and O–H groups in total. The zero-order valence-corrected chi connectivity index (χ0v) is 15.8. The molecular weight excluding hydrogens is 352 g/mol. The van der Waals surface area contributed by atoms with Crippen LogP contribution in [0.5, 0.6) is 0 Å². The van der Waals surface area contributed by atoms with Gasteiger partial charge in [-0.3, -0.25) is 14.4 Å². The Morgan fingerprint density at radius 3 is 2.58 bits per heavy atom. The lowest BCUT2D eigenvalue weighted by atomic mass is 9.89. The number of amides is 2. The molecule has 1 saturated carbocycles. The van der Waals surface area contributed by atoms with Gasteiger partial charge in [0.05, 0.1) is 11.3 Å². The van der Waals surface area contributed by atoms with E-state index in [-0.39, 0.29) is 11.7 Å². The fourth-order valence-electron chi connectivity index (χ4n) is 2.96. The van der Waals surface area contributed by atoms with Gasteiger partial charge in [0.1, 0.15) is 6.04 Å². The molecule has 1 atom stereocenters. The quantitative estimate of drug-likeness (QED) is 0.605. The maximum atomic E-state index is 12.3. The van der Waals surface area contributed by atoms with E-state index in [4.69, 9.17) is 5.11 Å². The van der Waals surface area contributed by atoms with E-state index in [0.717, 1.165) is 6.54 Å². The summed E-state index contributed by atoms with van der Waals surface area (Å²) in [5.74, 6) is -0.787. The molecule has 1 fully saturated rings. The van der Waals surface area contributed by atoms with E-state index >= 15 is 0 Å². The van der Waals surface area contributed by atoms with Crippen LogP contribution in [-0.4, -0.2) is 41.2 Å². The van der Waals surface area contributed by atoms with Gasteiger partial charge in [-0.2, -0.15) is 0 Å². The third-order valence-corrected chi connectivity index (χ3v) is 5.59. The van der Waals surface area contributed by atoms with Gasteiger partial charge in [-0.25, -0.2) is 0 Å². The molecule has 142 valence electrons. The molecule has 2 amide bonds. The number of aliphatic carboxylic acids is 1. The minimum Gasteiger partial charge on any atom is -0.480 e. The molecule has 0 aromatic heterocycles. The first kappa shape index (κ1) is 20.3. The Morgan fingerprint density at radius 2 is 1.88 bits per heavy atom. The lowest BCUT2D eigenvalue weighted by molar-refractivity contribution is -0.138. The molecule has 0 spiro atoms. The Hall–Kier alpha value is -2.02. The predicted octanol–water partition coefficient (Wildman–Crippen LogP) is 2.68. The number of carboxylic acid groups (broad SMARTS) is 1. The number of hydrogen-bond donors (Lipinski definition) is 3. The summed E-state index contributed by atoms with van der Waals surface area (Å²) in [4.78, 5) is 35.9. The lowest BCUT2D eigenvalue weighted by Gasteiger charge is -2.21. The van der Waals surface area contributed by atoms with Crippen molar-refractivity contribution in [2.45, 2.75) is 50.0 Å². The van der Waals surface area contributed by atoms with Gasteiger partial charge in [0.2, 0.25) is 5.91 Å². The standard InChI is InChI=1S/C19H26N2O4S/c1-13(19(24)25)21-18(23)15-9-5-6-10-16(15)26-12-17(22)20-11-14-7-3-2-4-8-14/h5-6,9-10,13-14H,2-4,7-8,11-12H2,1H3,(H,20,22)(H,21,23)(H,24,25)/t13-/m1/s1. The summed E-state index contributed by atoms with van der Waals surface area (Å²) in [5, 5.41) is 14.3. The summed E-state index contributed by atoms with van der Waals surface area (Å²) < 4.78 is 0. The number of hydrogen-bond acceptors (Lipinski definition) is 4. The van der Waals surface area contributed by atoms with Gasteiger partial charge in [0.25, 0.3) is 5.91 Å². The highest BCUT2D eigenvalue weighted by Gasteiger charge is 2.18. The molecule has 0 bridgehead atoms. The summed E-state index contributed by atoms with van der Waals surface area (Å²) >= 11 is 1.29. The second kappa shape index (κ2) is 10.2. The minimum atomic E-state index is -1.09. The summed E-state index contributed by atoms with van der Waals surface area (Å²) in [5.41, 5.74) is 0.380. The molecule has 7 heteroatoms. The van der Waals surface area contributed by atoms with E-state index < -0.39 is 17.9 Å². The van der Waals surface area contributed by atoms with E-state index in [1.807, 2.05) is 0 Å². The average molecular weight is 378 g/mol. The van der Waals surface area contributed by atoms with Crippen LogP contribution in [0.3, 0.4) is 0 Å². The molecule has 0 aliphatic heterocycles. The zero-order chi connectivity index (χ0) is 18.9. The van der Waals surface area contributed by atoms with Gasteiger partial charge in [-0.1, -0.05) is 31.4 Å². The van der Waals surface area contributed by atoms with Gasteiger partial charge >= 0.3 is 5.97 Å². The molecule has 1 aromatic carbocycles. The van der Waals surface area contributed by atoms with Crippen molar-refractivity contribution in [3.63, 3.8) is 0 Å². The van der Waals surface area contributed by atoms with Crippen molar-refractivity contribution >= 4 is 29.5 Å². The van der Waals surface area contributed by atoms with Crippen LogP contribution in [0.2, 0.25) is 0 Å². The molecule has 0 heterocycles. The highest BCUT2D eigenvalue weighted by atomic mass is 32.2. The average Bonchev–Trinajstić information content (AvgIpc) is 2.65. The molecule has 6 nitrogen and oxygen atoms in total. The summed E-state index contributed by atoms with van der Waals surface area (Å²) in [6.45, 7) is 2.13. The number of carboxylic acids is 1. The first-order valence-electron chi connectivity index (χ1n) is 8.99. The molecular formula is C19H26N2O4S. The molecule has 0 saturated heterocycles. The molecule has 26 heavy (non-hydrogen) atoms. The predicted molar refractivity (Wildman–Crippen MR) is 101 cm³/mol. The van der Waals surface area contributed by atoms with Gasteiger partial charge in [0.15, 0.2) is 0 Å². The van der Waals surface area contributed by atoms with Gasteiger partial charge in [0, 0.05) is 11.4 Å². The molecule has 1 aliphatic carbocycles. The van der Waals surface area contributed by atoms with Crippen LogP contribution >= 0.6 is 11.8 Å². The van der Waals surface area contributed by atoms with Gasteiger partial charge in [-0.15, -0.1) is 11.8 Å². The Morgan fingerprint density at radius 1 is 1.19 bits per heavy atom. The van der Waals surface area contributed by atoms with Crippen LogP contribution in [0.1, 0.15) is 49.4 Å². The largest absolute Gasteiger partial charge is 0.480 e. The van der Waals surface area contributed by atoms with Crippen molar-refractivity contribution in [1.82, 2.24) is 10.6 Å². The lowest BCUT2D eigenvalue weighted by Crippen LogP contribution is -2.38. The normalized spacial score (nSPS) is 15.9. The molecule has 1 aromatic rings. The Bertz CT molecular complexity index is 644. The second-order valence-electron chi connectivity index (χ2n) is 6.63. The third-order valence-electron chi connectivity index (χ3n) is 4.52. The number of rotatable bonds is 8. The number of benzene rings is 1. The van der Waals surface area contributed by atoms with Crippen LogP contribution in [-0.2, 0) is 9.59 Å². The van der Waals surface area contributed by atoms with E-state index in [0.29, 0.717) is 16.4 Å². The third kappa shape index (κ3) is 6.37. The summed E-state index contributed by atoms with van der Waals surface area (Å²) in [6.07, 6.45) is 6.13. The number of carbonyl (C=O) groups is 3. The van der Waals surface area contributed by atoms with Crippen molar-refractivity contribution in [3.8, 4) is 0 Å². The van der Waals surface area contributed by atoms with Gasteiger partial charge in [-0.05, 0) is 37.8 Å². The maximum absolute atomic E-state index is 12.3. The van der Waals surface area contributed by atoms with E-state index in [1.54, 1.807) is 24.3 Å². The fraction of sp³-hybridized carbons (Fsp3) is 0.526. The summed E-state index contributed by atoms with van der Waals surface area (Å²) in [6, 6.07) is 5.93. The Balaban J connectivity index is 1.85. The van der Waals surface area contributed by atoms with Crippen LogP contribution in [0.15, 0.2) is 29.2 Å². The number of carbonyl (C=O) groups excluding carboxylic acids is 2. The SMILES string of the molecule is C[C@@H](NC(=O)c1ccccc1SCC(=O)NCC1CCCCC1)C(=O)O. The zero-order valence-electron chi connectivity index (χ0n) is 15.0. The van der Waals surface area contributed by atoms with Crippen LogP contribution < -0.4 is 10.6 Å². The first-order valence-corrected chi connectivity index (χ1v) is 9.98. The van der Waals surface area contributed by atoms with Crippen molar-refractivity contribution in [2.75, 3.05) is 12.3 Å². The van der Waals surface area contributed by atoms with Crippen molar-refractivity contribution in [3.05, 3.63) is 29.8 Å². The topological polar surface area (TPSA) is 95.5 Å². The molecule has 0 unspecified atom stereocenters. The first-order chi connectivity index (χ1) is 12.5. The van der Waals surface area contributed by atoms with Crippen LogP contribution in [0.25, 0.3) is 0 Å². The fourth-order valence-corrected chi connectivity index (χ4v) is 3.84. The molecule has 2 rings (SSSR count). The molecule has 0 radical (unpaired) electrons. The van der Waals surface area contributed by atoms with Crippen LogP contribution in [0.4, 0.5) is 0 Å². The number of nitrogens with one attached hydrogen (secondary N) is 2. The second-order valence-corrected chi connectivity index (χ2v) is 7.64. The van der Waals surface area contributed by atoms with Crippen LogP contribution in [0, 0.1) is 5.92 Å². The van der Waals surface area contributed by atoms with E-state index in [1.165, 1.54) is 50.8 Å². The summed E-state index contributed by atoms with van der Waals surface area (Å²) in [7, 11) is 0. The highest BCUT2D eigenvalue weighted by molar-refractivity contribution is 8.00. The van der Waals surface area contributed by atoms with Crippen molar-refractivity contribution < 1.29 is 19.5 Å². The number of thioether (sulfide) groups is 1. The van der Waals surface area contributed by atoms with Gasteiger partial charge < -0.3 is 15.7 Å². The van der Waals surface area contributed by atoms with E-state index in [2.05, 4.69) is 10.6 Å². The minimum absolute atomic E-state index is 0.0466. The Kier molecular flexibility index (Phi) is 7.97. The maximum Gasteiger partial charge on any atom is 0.325 e. The monoisotopic (exact) mass is 378 g/mol. The Labute approximate surface area is 158 Å². The smallest absolute Gasteiger partial charge is 0.325 e. The highest BCUT2D eigenvalue weighted by Crippen LogP contribution is 2.24. The van der Waals surface area contributed by atoms with Crippen molar-refractivity contribution in [2.24, 2.45) is 5.92 Å². The van der Waals surface area contributed by atoms with E-state index in [9.17, 15) is 14.4 Å².